The number of hydrogen-bond donors (Lipinski definition) is 0. The maximum atomic E-state index is 10.4. The first-order valence-corrected chi connectivity index (χ1v) is 6.77. The van der Waals surface area contributed by atoms with Crippen LogP contribution >= 0.6 is 0 Å². The summed E-state index contributed by atoms with van der Waals surface area (Å²) in [6.45, 7) is 0.182. The van der Waals surface area contributed by atoms with E-state index in [4.69, 9.17) is 0 Å². The average molecular weight is 223 g/mol. The zero-order valence-electron chi connectivity index (χ0n) is 9.86. The second kappa shape index (κ2) is 3.71. The van der Waals surface area contributed by atoms with Crippen molar-refractivity contribution in [2.45, 2.75) is 51.4 Å². The van der Waals surface area contributed by atoms with Crippen molar-refractivity contribution < 1.29 is 4.92 Å². The molecule has 3 nitrogen and oxygen atoms in total. The van der Waals surface area contributed by atoms with Gasteiger partial charge in [-0.25, -0.2) is 0 Å². The quantitative estimate of drug-likeness (QED) is 0.542. The molecule has 0 aromatic carbocycles. The number of nitrogens with zero attached hydrogens (tertiary/aromatic N) is 1. The molecule has 0 aromatic rings. The highest BCUT2D eigenvalue weighted by molar-refractivity contribution is 5.01. The van der Waals surface area contributed by atoms with E-state index in [-0.39, 0.29) is 11.5 Å². The van der Waals surface area contributed by atoms with Gasteiger partial charge in [0.05, 0.1) is 0 Å². The van der Waals surface area contributed by atoms with Crippen molar-refractivity contribution in [1.82, 2.24) is 0 Å². The van der Waals surface area contributed by atoms with Crippen LogP contribution in [0.25, 0.3) is 0 Å². The van der Waals surface area contributed by atoms with E-state index in [1.165, 1.54) is 38.5 Å². The third kappa shape index (κ3) is 1.85. The molecule has 0 radical (unpaired) electrons. The Kier molecular flexibility index (Phi) is 2.45. The minimum atomic E-state index is -0.152. The fourth-order valence-corrected chi connectivity index (χ4v) is 5.18. The summed E-state index contributed by atoms with van der Waals surface area (Å²) >= 11 is 0. The molecule has 0 unspecified atom stereocenters. The predicted molar refractivity (Wildman–Crippen MR) is 61.7 cm³/mol. The van der Waals surface area contributed by atoms with E-state index in [0.717, 1.165) is 30.6 Å². The molecule has 90 valence electrons. The van der Waals surface area contributed by atoms with Gasteiger partial charge in [0.25, 0.3) is 0 Å². The van der Waals surface area contributed by atoms with Crippen LogP contribution in [0.5, 0.6) is 0 Å². The van der Waals surface area contributed by atoms with Gasteiger partial charge in [0.1, 0.15) is 0 Å². The Bertz CT molecular complexity index is 265. The maximum Gasteiger partial charge on any atom is 0.203 e. The third-order valence-corrected chi connectivity index (χ3v) is 5.21. The lowest BCUT2D eigenvalue weighted by Gasteiger charge is -2.57. The van der Waals surface area contributed by atoms with Crippen molar-refractivity contribution in [3.05, 3.63) is 10.1 Å². The lowest BCUT2D eigenvalue weighted by atomic mass is 9.48. The minimum Gasteiger partial charge on any atom is -0.265 e. The van der Waals surface area contributed by atoms with Crippen LogP contribution < -0.4 is 0 Å². The highest BCUT2D eigenvalue weighted by Gasteiger charge is 2.50. The standard InChI is InChI=1S/C13H21NO2/c15-14(16)3-1-2-13-7-10-4-11(8-13)6-12(5-10)9-13/h10-12H,1-9H2. The van der Waals surface area contributed by atoms with Crippen molar-refractivity contribution in [1.29, 1.82) is 0 Å². The van der Waals surface area contributed by atoms with Gasteiger partial charge in [-0.1, -0.05) is 0 Å². The van der Waals surface area contributed by atoms with Crippen LogP contribution in [0.3, 0.4) is 0 Å². The predicted octanol–water partition coefficient (Wildman–Crippen LogP) is 3.26. The van der Waals surface area contributed by atoms with Gasteiger partial charge in [-0.05, 0) is 68.1 Å². The summed E-state index contributed by atoms with van der Waals surface area (Å²) in [5.74, 6) is 2.92. The van der Waals surface area contributed by atoms with Crippen molar-refractivity contribution in [3.63, 3.8) is 0 Å². The van der Waals surface area contributed by atoms with E-state index < -0.39 is 0 Å². The van der Waals surface area contributed by atoms with Crippen LogP contribution in [0.1, 0.15) is 51.4 Å². The van der Waals surface area contributed by atoms with Crippen LogP contribution in [0, 0.1) is 33.3 Å². The normalized spacial score (nSPS) is 44.9. The minimum absolute atomic E-state index is 0.152. The zero-order chi connectivity index (χ0) is 11.2. The Hall–Kier alpha value is -0.600. The first-order chi connectivity index (χ1) is 7.65. The van der Waals surface area contributed by atoms with E-state index in [1.807, 2.05) is 0 Å². The van der Waals surface area contributed by atoms with Gasteiger partial charge in [-0.3, -0.25) is 10.1 Å². The Labute approximate surface area is 96.8 Å². The molecule has 0 N–H and O–H groups in total. The molecule has 4 aliphatic carbocycles. The van der Waals surface area contributed by atoms with Gasteiger partial charge in [0.2, 0.25) is 6.54 Å². The first-order valence-electron chi connectivity index (χ1n) is 6.77. The topological polar surface area (TPSA) is 43.1 Å². The number of nitro groups is 1. The molecule has 0 aromatic heterocycles. The fraction of sp³-hybridized carbons (Fsp3) is 1.00. The van der Waals surface area contributed by atoms with Crippen LogP contribution in [0.2, 0.25) is 0 Å². The van der Waals surface area contributed by atoms with Crippen molar-refractivity contribution in [3.8, 4) is 0 Å². The molecule has 4 saturated carbocycles. The van der Waals surface area contributed by atoms with E-state index in [2.05, 4.69) is 0 Å². The zero-order valence-corrected chi connectivity index (χ0v) is 9.86. The van der Waals surface area contributed by atoms with E-state index >= 15 is 0 Å². The summed E-state index contributed by atoms with van der Waals surface area (Å²) in [5.41, 5.74) is 0.532. The number of hydrogen-bond acceptors (Lipinski definition) is 2. The monoisotopic (exact) mass is 223 g/mol. The summed E-state index contributed by atoms with van der Waals surface area (Å²) in [4.78, 5) is 10.2. The Morgan fingerprint density at radius 1 is 1.06 bits per heavy atom. The molecule has 4 aliphatic rings. The van der Waals surface area contributed by atoms with Crippen LogP contribution in [0.15, 0.2) is 0 Å². The smallest absolute Gasteiger partial charge is 0.203 e. The van der Waals surface area contributed by atoms with Gasteiger partial charge in [-0.15, -0.1) is 0 Å². The van der Waals surface area contributed by atoms with Gasteiger partial charge >= 0.3 is 0 Å². The highest BCUT2D eigenvalue weighted by atomic mass is 16.6. The second-order valence-electron chi connectivity index (χ2n) is 6.58. The molecule has 0 heterocycles. The molecule has 0 aliphatic heterocycles. The Morgan fingerprint density at radius 3 is 2.00 bits per heavy atom. The van der Waals surface area contributed by atoms with Crippen LogP contribution in [-0.2, 0) is 0 Å². The maximum absolute atomic E-state index is 10.4. The van der Waals surface area contributed by atoms with Crippen LogP contribution in [0.4, 0.5) is 0 Å². The van der Waals surface area contributed by atoms with Gasteiger partial charge < -0.3 is 0 Å². The van der Waals surface area contributed by atoms with Crippen molar-refractivity contribution in [2.75, 3.05) is 6.54 Å². The molecule has 3 heteroatoms. The van der Waals surface area contributed by atoms with Gasteiger partial charge in [0, 0.05) is 11.3 Å². The lowest BCUT2D eigenvalue weighted by Crippen LogP contribution is -2.46. The first kappa shape index (κ1) is 10.5. The Morgan fingerprint density at radius 2 is 1.56 bits per heavy atom. The molecule has 4 fully saturated rings. The summed E-state index contributed by atoms with van der Waals surface area (Å²) in [6.07, 6.45) is 10.5. The Balaban J connectivity index is 1.62. The molecule has 4 bridgehead atoms. The molecule has 0 spiro atoms. The summed E-state index contributed by atoms with van der Waals surface area (Å²) in [7, 11) is 0. The highest BCUT2D eigenvalue weighted by Crippen LogP contribution is 2.61. The lowest BCUT2D eigenvalue weighted by molar-refractivity contribution is -0.481. The molecule has 0 atom stereocenters. The summed E-state index contributed by atoms with van der Waals surface area (Å²) in [5, 5.41) is 10.4. The third-order valence-electron chi connectivity index (χ3n) is 5.21. The SMILES string of the molecule is O=[N+]([O-])CCCC12CC3CC(CC(C3)C1)C2. The van der Waals surface area contributed by atoms with Crippen LogP contribution in [-0.4, -0.2) is 11.5 Å². The fourth-order valence-electron chi connectivity index (χ4n) is 5.18. The van der Waals surface area contributed by atoms with Gasteiger partial charge in [0.15, 0.2) is 0 Å². The number of rotatable bonds is 4. The van der Waals surface area contributed by atoms with Crippen molar-refractivity contribution >= 4 is 0 Å². The second-order valence-corrected chi connectivity index (χ2v) is 6.58. The largest absolute Gasteiger partial charge is 0.265 e. The molecule has 0 amide bonds. The van der Waals surface area contributed by atoms with E-state index in [9.17, 15) is 10.1 Å². The molecule has 4 rings (SSSR count). The molecule has 16 heavy (non-hydrogen) atoms. The van der Waals surface area contributed by atoms with Gasteiger partial charge in [-0.2, -0.15) is 0 Å². The molecular weight excluding hydrogens is 202 g/mol. The molecular formula is C13H21NO2. The summed E-state index contributed by atoms with van der Waals surface area (Å²) < 4.78 is 0. The average Bonchev–Trinajstić information content (AvgIpc) is 2.13. The summed E-state index contributed by atoms with van der Waals surface area (Å²) in [6, 6.07) is 0. The van der Waals surface area contributed by atoms with Crippen molar-refractivity contribution in [2.24, 2.45) is 23.2 Å². The molecule has 0 saturated heterocycles. The van der Waals surface area contributed by atoms with E-state index in [0.29, 0.717) is 5.41 Å². The van der Waals surface area contributed by atoms with E-state index in [1.54, 1.807) is 0 Å².